The molecule has 8 nitrogen and oxygen atoms in total. The lowest BCUT2D eigenvalue weighted by molar-refractivity contribution is -0.138. The van der Waals surface area contributed by atoms with Crippen molar-refractivity contribution in [1.82, 2.24) is 19.4 Å². The Kier molecular flexibility index (Phi) is 7.75. The first-order valence-corrected chi connectivity index (χ1v) is 17.4. The maximum Gasteiger partial charge on any atom is 0.387 e. The number of aromatic nitrogens is 2. The van der Waals surface area contributed by atoms with E-state index in [-0.39, 0.29) is 52.6 Å². The number of ether oxygens (including phenoxy) is 1. The van der Waals surface area contributed by atoms with Gasteiger partial charge in [-0.3, -0.25) is 9.59 Å². The molecule has 2 aliphatic carbocycles. The summed E-state index contributed by atoms with van der Waals surface area (Å²) in [5, 5.41) is 0.165. The molecule has 40 heavy (non-hydrogen) atoms. The number of imidazole rings is 1. The molecule has 2 saturated carbocycles. The highest BCUT2D eigenvalue weighted by atomic mass is 28.4. The largest absolute Gasteiger partial charge is 0.432 e. The van der Waals surface area contributed by atoms with Crippen molar-refractivity contribution in [3.05, 3.63) is 23.5 Å². The molecule has 11 heteroatoms. The first-order valence-electron chi connectivity index (χ1n) is 14.5. The van der Waals surface area contributed by atoms with E-state index in [1.54, 1.807) is 17.7 Å². The van der Waals surface area contributed by atoms with Gasteiger partial charge in [0.05, 0.1) is 5.52 Å². The quantitative estimate of drug-likeness (QED) is 0.397. The number of carbonyl (C=O) groups excluding carboxylic acids is 2. The van der Waals surface area contributed by atoms with E-state index in [1.165, 1.54) is 4.90 Å². The average Bonchev–Trinajstić information content (AvgIpc) is 3.67. The monoisotopic (exact) mass is 576 g/mol. The van der Waals surface area contributed by atoms with Crippen LogP contribution in [-0.2, 0) is 16.3 Å². The van der Waals surface area contributed by atoms with Crippen LogP contribution in [-0.4, -0.2) is 77.9 Å². The van der Waals surface area contributed by atoms with Crippen molar-refractivity contribution in [3.63, 3.8) is 0 Å². The van der Waals surface area contributed by atoms with Gasteiger partial charge in [0.2, 0.25) is 5.91 Å². The van der Waals surface area contributed by atoms with E-state index in [0.29, 0.717) is 24.5 Å². The van der Waals surface area contributed by atoms with Crippen LogP contribution in [0, 0.1) is 0 Å². The average molecular weight is 577 g/mol. The van der Waals surface area contributed by atoms with Crippen molar-refractivity contribution in [2.45, 2.75) is 102 Å². The molecule has 2 aromatic rings. The number of fused-ring (bicyclic) bond motifs is 1. The second kappa shape index (κ2) is 10.7. The summed E-state index contributed by atoms with van der Waals surface area (Å²) >= 11 is 0. The number of carbonyl (C=O) groups is 2. The zero-order valence-corrected chi connectivity index (χ0v) is 25.5. The van der Waals surface area contributed by atoms with Crippen molar-refractivity contribution < 1.29 is 27.5 Å². The van der Waals surface area contributed by atoms with E-state index in [1.807, 2.05) is 11.0 Å². The molecule has 1 aromatic heterocycles. The van der Waals surface area contributed by atoms with E-state index in [4.69, 9.17) is 9.16 Å². The van der Waals surface area contributed by atoms with E-state index in [2.05, 4.69) is 38.8 Å². The van der Waals surface area contributed by atoms with Gasteiger partial charge in [0.15, 0.2) is 19.9 Å². The molecule has 3 fully saturated rings. The maximum absolute atomic E-state index is 13.5. The minimum absolute atomic E-state index is 0.0157. The topological polar surface area (TPSA) is 76.9 Å². The summed E-state index contributed by atoms with van der Waals surface area (Å²) in [7, 11) is -0.132. The summed E-state index contributed by atoms with van der Waals surface area (Å²) in [5.74, 6) is -0.0263. The second-order valence-electron chi connectivity index (χ2n) is 13.2. The normalized spacial score (nSPS) is 22.9. The van der Waals surface area contributed by atoms with E-state index < -0.39 is 14.9 Å². The molecule has 220 valence electrons. The van der Waals surface area contributed by atoms with Crippen molar-refractivity contribution in [3.8, 4) is 5.75 Å². The molecule has 3 aliphatic rings. The van der Waals surface area contributed by atoms with Crippen LogP contribution in [0.5, 0.6) is 5.75 Å². The molecule has 1 aliphatic heterocycles. The Morgan fingerprint density at radius 1 is 1.07 bits per heavy atom. The standard InChI is InChI=1S/C29H42F2N4O4Si/c1-29(2,3)40(5,6)39-21-11-9-20(10-12-21)35-14-13-34(17-24(35)36)27(37)26-32-25-22(33(26)4)15-19(18-7-8-18)16-23(25)38-28(30)31/h15-16,18,20-21,28H,7-14,17H2,1-6H3/t20-,21-. The highest BCUT2D eigenvalue weighted by molar-refractivity contribution is 6.74. The third kappa shape index (κ3) is 5.77. The number of benzene rings is 1. The lowest BCUT2D eigenvalue weighted by Crippen LogP contribution is -2.56. The Morgan fingerprint density at radius 2 is 1.75 bits per heavy atom. The number of hydrogen-bond acceptors (Lipinski definition) is 5. The molecule has 0 atom stereocenters. The third-order valence-electron chi connectivity index (χ3n) is 9.33. The van der Waals surface area contributed by atoms with Crippen LogP contribution >= 0.6 is 0 Å². The van der Waals surface area contributed by atoms with Gasteiger partial charge in [0, 0.05) is 32.3 Å². The zero-order chi connectivity index (χ0) is 29.0. The van der Waals surface area contributed by atoms with Crippen LogP contribution in [0.3, 0.4) is 0 Å². The summed E-state index contributed by atoms with van der Waals surface area (Å²) < 4.78 is 39.3. The van der Waals surface area contributed by atoms with Crippen LogP contribution in [0.1, 0.15) is 81.4 Å². The van der Waals surface area contributed by atoms with Crippen LogP contribution in [0.2, 0.25) is 18.1 Å². The third-order valence-corrected chi connectivity index (χ3v) is 13.9. The predicted molar refractivity (Wildman–Crippen MR) is 151 cm³/mol. The van der Waals surface area contributed by atoms with Gasteiger partial charge in [-0.1, -0.05) is 20.8 Å². The van der Waals surface area contributed by atoms with Gasteiger partial charge in [0.25, 0.3) is 5.91 Å². The number of hydrogen-bond donors (Lipinski definition) is 0. The van der Waals surface area contributed by atoms with Gasteiger partial charge in [-0.25, -0.2) is 4.98 Å². The summed E-state index contributed by atoms with van der Waals surface area (Å²) in [6.45, 7) is 9.18. The molecule has 2 amide bonds. The molecule has 2 heterocycles. The highest BCUT2D eigenvalue weighted by Crippen LogP contribution is 2.43. The number of amides is 2. The van der Waals surface area contributed by atoms with Crippen LogP contribution in [0.4, 0.5) is 8.78 Å². The number of rotatable bonds is 7. The molecule has 5 rings (SSSR count). The second-order valence-corrected chi connectivity index (χ2v) is 17.9. The summed E-state index contributed by atoms with van der Waals surface area (Å²) in [5.41, 5.74) is 1.72. The lowest BCUT2D eigenvalue weighted by Gasteiger charge is -2.44. The van der Waals surface area contributed by atoms with Gasteiger partial charge in [0.1, 0.15) is 12.1 Å². The number of piperazine rings is 1. The number of halogens is 2. The zero-order valence-electron chi connectivity index (χ0n) is 24.5. The Morgan fingerprint density at radius 3 is 2.33 bits per heavy atom. The Hall–Kier alpha value is -2.53. The van der Waals surface area contributed by atoms with Crippen molar-refractivity contribution in [2.75, 3.05) is 19.6 Å². The van der Waals surface area contributed by atoms with E-state index >= 15 is 0 Å². The van der Waals surface area contributed by atoms with Crippen molar-refractivity contribution in [1.29, 1.82) is 0 Å². The van der Waals surface area contributed by atoms with Crippen LogP contribution in [0.25, 0.3) is 11.0 Å². The SMILES string of the molecule is Cn1c(C(=O)N2CCN([C@H]3CC[C@H](O[Si](C)(C)C(C)(C)C)CC3)C(=O)C2)nc2c(OC(F)F)cc(C3CC3)cc21. The molecular formula is C29H42F2N4O4Si. The van der Waals surface area contributed by atoms with E-state index in [9.17, 15) is 18.4 Å². The molecule has 1 aromatic carbocycles. The molecule has 0 unspecified atom stereocenters. The fourth-order valence-electron chi connectivity index (χ4n) is 5.76. The van der Waals surface area contributed by atoms with Gasteiger partial charge in [-0.15, -0.1) is 0 Å². The van der Waals surface area contributed by atoms with Gasteiger partial charge in [-0.2, -0.15) is 8.78 Å². The fraction of sp³-hybridized carbons (Fsp3) is 0.690. The maximum atomic E-state index is 13.5. The van der Waals surface area contributed by atoms with E-state index in [0.717, 1.165) is 44.1 Å². The minimum Gasteiger partial charge on any atom is -0.432 e. The minimum atomic E-state index is -2.99. The number of aryl methyl sites for hydroxylation is 1. The Balaban J connectivity index is 1.24. The van der Waals surface area contributed by atoms with Gasteiger partial charge < -0.3 is 23.5 Å². The number of nitrogens with zero attached hydrogens (tertiary/aromatic N) is 4. The van der Waals surface area contributed by atoms with Crippen molar-refractivity contribution in [2.24, 2.45) is 7.05 Å². The Labute approximate surface area is 236 Å². The lowest BCUT2D eigenvalue weighted by atomic mass is 9.91. The summed E-state index contributed by atoms with van der Waals surface area (Å²) in [6, 6.07) is 3.68. The van der Waals surface area contributed by atoms with Gasteiger partial charge >= 0.3 is 6.61 Å². The fourth-order valence-corrected chi connectivity index (χ4v) is 7.18. The number of alkyl halides is 2. The molecule has 0 spiro atoms. The van der Waals surface area contributed by atoms with Gasteiger partial charge in [-0.05, 0) is 80.3 Å². The molecule has 0 bridgehead atoms. The van der Waals surface area contributed by atoms with Crippen molar-refractivity contribution >= 4 is 31.2 Å². The van der Waals surface area contributed by atoms with Crippen LogP contribution < -0.4 is 4.74 Å². The first kappa shape index (κ1) is 29.0. The summed E-state index contributed by atoms with van der Waals surface area (Å²) in [4.78, 5) is 34.6. The molecule has 1 saturated heterocycles. The molecule has 0 N–H and O–H groups in total. The first-order chi connectivity index (χ1) is 18.7. The Bertz CT molecular complexity index is 1280. The molecule has 0 radical (unpaired) electrons. The van der Waals surface area contributed by atoms with Crippen LogP contribution in [0.15, 0.2) is 12.1 Å². The highest BCUT2D eigenvalue weighted by Gasteiger charge is 2.41. The smallest absolute Gasteiger partial charge is 0.387 e. The molecular weight excluding hydrogens is 534 g/mol. The predicted octanol–water partition coefficient (Wildman–Crippen LogP) is 5.67. The summed E-state index contributed by atoms with van der Waals surface area (Å²) in [6.07, 6.45) is 5.93.